The maximum absolute atomic E-state index is 12.2. The monoisotopic (exact) mass is 412 g/mol. The second kappa shape index (κ2) is 7.51. The lowest BCUT2D eigenvalue weighted by Crippen LogP contribution is -2.15. The van der Waals surface area contributed by atoms with E-state index in [0.29, 0.717) is 23.6 Å². The van der Waals surface area contributed by atoms with Gasteiger partial charge < -0.3 is 10.3 Å². The predicted molar refractivity (Wildman–Crippen MR) is 115 cm³/mol. The molecule has 2 aromatic heterocycles. The van der Waals surface area contributed by atoms with Gasteiger partial charge in [-0.25, -0.2) is 13.4 Å². The van der Waals surface area contributed by atoms with E-state index >= 15 is 0 Å². The molecule has 7 nitrogen and oxygen atoms in total. The van der Waals surface area contributed by atoms with E-state index in [1.807, 2.05) is 38.2 Å². The number of hydrogen-bond donors (Lipinski definition) is 3. The van der Waals surface area contributed by atoms with Crippen molar-refractivity contribution < 1.29 is 13.2 Å². The van der Waals surface area contributed by atoms with Crippen LogP contribution in [0.5, 0.6) is 0 Å². The van der Waals surface area contributed by atoms with Crippen LogP contribution >= 0.6 is 0 Å². The number of aromatic nitrogens is 2. The van der Waals surface area contributed by atoms with E-state index in [0.717, 1.165) is 34.9 Å². The number of fused-ring (bicyclic) bond motifs is 1. The number of aromatic amines is 1. The number of benzene rings is 1. The van der Waals surface area contributed by atoms with E-state index in [1.54, 1.807) is 12.1 Å². The average molecular weight is 413 g/mol. The molecule has 152 valence electrons. The highest BCUT2D eigenvalue weighted by Crippen LogP contribution is 2.34. The number of hydrogen-bond acceptors (Lipinski definition) is 4. The lowest BCUT2D eigenvalue weighted by atomic mass is 10.0. The smallest absolute Gasteiger partial charge is 0.232 e. The van der Waals surface area contributed by atoms with Crippen molar-refractivity contribution in [2.24, 2.45) is 5.92 Å². The van der Waals surface area contributed by atoms with Crippen LogP contribution in [0.4, 0.5) is 11.5 Å². The van der Waals surface area contributed by atoms with Crippen LogP contribution in [-0.4, -0.2) is 30.0 Å². The summed E-state index contributed by atoms with van der Waals surface area (Å²) in [5.74, 6) is 0.703. The summed E-state index contributed by atoms with van der Waals surface area (Å²) in [6.45, 7) is 3.83. The van der Waals surface area contributed by atoms with E-state index in [-0.39, 0.29) is 17.6 Å². The number of pyridine rings is 1. The van der Waals surface area contributed by atoms with Crippen LogP contribution in [0.1, 0.15) is 31.7 Å². The molecular weight excluding hydrogens is 388 g/mol. The van der Waals surface area contributed by atoms with Crippen LogP contribution in [0.2, 0.25) is 0 Å². The van der Waals surface area contributed by atoms with Crippen LogP contribution in [0.3, 0.4) is 0 Å². The van der Waals surface area contributed by atoms with Crippen LogP contribution in [0, 0.1) is 12.8 Å². The number of amides is 1. The maximum Gasteiger partial charge on any atom is 0.232 e. The van der Waals surface area contributed by atoms with Gasteiger partial charge in [-0.2, -0.15) is 0 Å². The zero-order valence-corrected chi connectivity index (χ0v) is 17.3. The summed E-state index contributed by atoms with van der Waals surface area (Å²) in [6, 6.07) is 9.12. The fourth-order valence-corrected chi connectivity index (χ4v) is 4.51. The largest absolute Gasteiger partial charge is 0.346 e. The van der Waals surface area contributed by atoms with E-state index in [9.17, 15) is 13.2 Å². The zero-order valence-electron chi connectivity index (χ0n) is 16.5. The molecule has 1 aliphatic rings. The summed E-state index contributed by atoms with van der Waals surface area (Å²) in [4.78, 5) is 19.9. The second-order valence-electron chi connectivity index (χ2n) is 7.51. The van der Waals surface area contributed by atoms with Crippen LogP contribution in [0.15, 0.2) is 36.5 Å². The first-order valence-corrected chi connectivity index (χ1v) is 11.4. The topological polar surface area (TPSA) is 104 Å². The van der Waals surface area contributed by atoms with Gasteiger partial charge in [0, 0.05) is 23.2 Å². The number of carbonyl (C=O) groups excluding carboxylic acids is 1. The Balaban J connectivity index is 1.68. The molecule has 0 radical (unpaired) electrons. The highest BCUT2D eigenvalue weighted by molar-refractivity contribution is 7.92. The van der Waals surface area contributed by atoms with Gasteiger partial charge in [-0.05, 0) is 61.1 Å². The van der Waals surface area contributed by atoms with Gasteiger partial charge in [0.1, 0.15) is 11.5 Å². The molecule has 8 heteroatoms. The summed E-state index contributed by atoms with van der Waals surface area (Å²) in [5.41, 5.74) is 4.14. The number of aryl methyl sites for hydroxylation is 1. The molecule has 1 fully saturated rings. The van der Waals surface area contributed by atoms with Crippen LogP contribution in [0.25, 0.3) is 22.2 Å². The fourth-order valence-electron chi connectivity index (χ4n) is 3.38. The Morgan fingerprint density at radius 1 is 1.24 bits per heavy atom. The molecule has 4 rings (SSSR count). The Labute approximate surface area is 170 Å². The first-order chi connectivity index (χ1) is 13.9. The number of carbonyl (C=O) groups is 1. The van der Waals surface area contributed by atoms with E-state index in [4.69, 9.17) is 0 Å². The SMILES string of the molecule is CCCS(=O)(=O)Nc1ccc(-c2cc(NC(=O)C3CC3)nc3[nH]cc(C)c23)cc1. The van der Waals surface area contributed by atoms with Gasteiger partial charge >= 0.3 is 0 Å². The van der Waals surface area contributed by atoms with Gasteiger partial charge in [0.05, 0.1) is 5.75 Å². The first-order valence-electron chi connectivity index (χ1n) is 9.77. The molecule has 3 aromatic rings. The van der Waals surface area contributed by atoms with Crippen LogP contribution in [-0.2, 0) is 14.8 Å². The predicted octanol–water partition coefficient (Wildman–Crippen LogP) is 4.04. The molecule has 2 heterocycles. The third-order valence-corrected chi connectivity index (χ3v) is 6.47. The number of rotatable bonds is 7. The molecule has 0 atom stereocenters. The molecule has 29 heavy (non-hydrogen) atoms. The Bertz CT molecular complexity index is 1160. The Morgan fingerprint density at radius 2 is 1.97 bits per heavy atom. The minimum Gasteiger partial charge on any atom is -0.346 e. The minimum absolute atomic E-state index is 0.00626. The summed E-state index contributed by atoms with van der Waals surface area (Å²) in [5, 5.41) is 3.89. The molecule has 0 spiro atoms. The third-order valence-electron chi connectivity index (χ3n) is 4.98. The van der Waals surface area contributed by atoms with Crippen molar-refractivity contribution in [2.75, 3.05) is 15.8 Å². The zero-order chi connectivity index (χ0) is 20.6. The molecule has 1 amide bonds. The molecule has 0 saturated heterocycles. The number of anilines is 2. The quantitative estimate of drug-likeness (QED) is 0.545. The highest BCUT2D eigenvalue weighted by Gasteiger charge is 2.30. The highest BCUT2D eigenvalue weighted by atomic mass is 32.2. The molecule has 1 aliphatic carbocycles. The molecule has 0 unspecified atom stereocenters. The average Bonchev–Trinajstić information content (AvgIpc) is 3.45. The molecule has 1 saturated carbocycles. The van der Waals surface area contributed by atoms with Gasteiger partial charge in [-0.1, -0.05) is 19.1 Å². The van der Waals surface area contributed by atoms with Crippen molar-refractivity contribution in [3.05, 3.63) is 42.1 Å². The van der Waals surface area contributed by atoms with E-state index in [2.05, 4.69) is 20.0 Å². The van der Waals surface area contributed by atoms with Crippen LogP contribution < -0.4 is 10.0 Å². The van der Waals surface area contributed by atoms with Crippen molar-refractivity contribution >= 4 is 38.5 Å². The van der Waals surface area contributed by atoms with Gasteiger partial charge in [0.25, 0.3) is 0 Å². The van der Waals surface area contributed by atoms with Gasteiger partial charge in [0.15, 0.2) is 0 Å². The standard InChI is InChI=1S/C21H24N4O3S/c1-3-10-29(27,28)25-16-8-6-14(7-9-16)17-11-18(24-21(26)15-4-5-15)23-20-19(17)13(2)12-22-20/h6-9,11-12,15,25H,3-5,10H2,1-2H3,(H2,22,23,24,26). The molecule has 0 bridgehead atoms. The van der Waals surface area contributed by atoms with Crippen molar-refractivity contribution in [3.8, 4) is 11.1 Å². The van der Waals surface area contributed by atoms with Crippen molar-refractivity contribution in [1.29, 1.82) is 0 Å². The van der Waals surface area contributed by atoms with Crippen molar-refractivity contribution in [3.63, 3.8) is 0 Å². The summed E-state index contributed by atoms with van der Waals surface area (Å²) in [7, 11) is -3.33. The Morgan fingerprint density at radius 3 is 2.62 bits per heavy atom. The Hall–Kier alpha value is -2.87. The minimum atomic E-state index is -3.33. The second-order valence-corrected chi connectivity index (χ2v) is 9.35. The number of H-pyrrole nitrogens is 1. The molecule has 0 aliphatic heterocycles. The summed E-state index contributed by atoms with van der Waals surface area (Å²) >= 11 is 0. The maximum atomic E-state index is 12.2. The van der Waals surface area contributed by atoms with Crippen molar-refractivity contribution in [1.82, 2.24) is 9.97 Å². The van der Waals surface area contributed by atoms with Gasteiger partial charge in [-0.15, -0.1) is 0 Å². The van der Waals surface area contributed by atoms with E-state index in [1.165, 1.54) is 0 Å². The number of nitrogens with zero attached hydrogens (tertiary/aromatic N) is 1. The normalized spacial score (nSPS) is 14.1. The lowest BCUT2D eigenvalue weighted by molar-refractivity contribution is -0.117. The Kier molecular flexibility index (Phi) is 5.04. The number of nitrogens with one attached hydrogen (secondary N) is 3. The number of sulfonamides is 1. The third kappa shape index (κ3) is 4.27. The van der Waals surface area contributed by atoms with E-state index < -0.39 is 10.0 Å². The summed E-state index contributed by atoms with van der Waals surface area (Å²) in [6.07, 6.45) is 4.31. The fraction of sp³-hybridized carbons (Fsp3) is 0.333. The van der Waals surface area contributed by atoms with Crippen molar-refractivity contribution in [2.45, 2.75) is 33.1 Å². The molecule has 1 aromatic carbocycles. The first kappa shape index (κ1) is 19.4. The van der Waals surface area contributed by atoms with Gasteiger partial charge in [-0.3, -0.25) is 9.52 Å². The lowest BCUT2D eigenvalue weighted by Gasteiger charge is -2.11. The molecular formula is C21H24N4O3S. The van der Waals surface area contributed by atoms with Gasteiger partial charge in [0.2, 0.25) is 15.9 Å². The molecule has 3 N–H and O–H groups in total. The summed E-state index contributed by atoms with van der Waals surface area (Å²) < 4.78 is 26.6.